The van der Waals surface area contributed by atoms with Crippen molar-refractivity contribution in [2.24, 2.45) is 0 Å². The van der Waals surface area contributed by atoms with Gasteiger partial charge in [-0.1, -0.05) is 13.3 Å². The molecule has 0 saturated carbocycles. The second-order valence-corrected chi connectivity index (χ2v) is 5.29. The zero-order valence-electron chi connectivity index (χ0n) is 11.3. The summed E-state index contributed by atoms with van der Waals surface area (Å²) in [5, 5.41) is 22.5. The number of nitrogens with zero attached hydrogens (tertiary/aromatic N) is 5. The Morgan fingerprint density at radius 2 is 2.43 bits per heavy atom. The number of amides is 1. The van der Waals surface area contributed by atoms with Crippen LogP contribution < -0.4 is 5.32 Å². The van der Waals surface area contributed by atoms with Gasteiger partial charge in [0.05, 0.1) is 5.69 Å². The number of aromatic amines is 1. The van der Waals surface area contributed by atoms with Crippen molar-refractivity contribution >= 4 is 23.1 Å². The fourth-order valence-electron chi connectivity index (χ4n) is 1.92. The van der Waals surface area contributed by atoms with Gasteiger partial charge in [-0.25, -0.2) is 0 Å². The van der Waals surface area contributed by atoms with Crippen LogP contribution in [0.4, 0.5) is 5.82 Å². The number of aromatic nitrogens is 6. The summed E-state index contributed by atoms with van der Waals surface area (Å²) in [4.78, 5) is 12.9. The standard InChI is InChI=1S/C12H13N7OS/c1-2-3-8-6-10(16-15-8)14-12(20)11-9(4-5-21-11)19-7-13-17-18-19/h4-7H,2-3H2,1H3,(H2,14,15,16,20). The Labute approximate surface area is 124 Å². The summed E-state index contributed by atoms with van der Waals surface area (Å²) in [6, 6.07) is 3.63. The van der Waals surface area contributed by atoms with E-state index in [9.17, 15) is 4.79 Å². The number of nitrogens with one attached hydrogen (secondary N) is 2. The lowest BCUT2D eigenvalue weighted by atomic mass is 10.2. The molecule has 3 aromatic heterocycles. The minimum absolute atomic E-state index is 0.231. The maximum absolute atomic E-state index is 12.3. The summed E-state index contributed by atoms with van der Waals surface area (Å²) in [7, 11) is 0. The Hall–Kier alpha value is -2.55. The van der Waals surface area contributed by atoms with Gasteiger partial charge in [0.25, 0.3) is 5.91 Å². The number of aryl methyl sites for hydroxylation is 1. The molecule has 21 heavy (non-hydrogen) atoms. The molecule has 0 radical (unpaired) electrons. The van der Waals surface area contributed by atoms with Crippen LogP contribution in [-0.4, -0.2) is 36.3 Å². The zero-order chi connectivity index (χ0) is 14.7. The summed E-state index contributed by atoms with van der Waals surface area (Å²) in [5.41, 5.74) is 1.64. The molecule has 2 N–H and O–H groups in total. The van der Waals surface area contributed by atoms with E-state index in [1.54, 1.807) is 6.07 Å². The zero-order valence-corrected chi connectivity index (χ0v) is 12.1. The summed E-state index contributed by atoms with van der Waals surface area (Å²) >= 11 is 1.33. The lowest BCUT2D eigenvalue weighted by molar-refractivity contribution is 0.103. The number of H-pyrrole nitrogens is 1. The van der Waals surface area contributed by atoms with Crippen LogP contribution in [0.2, 0.25) is 0 Å². The Morgan fingerprint density at radius 1 is 1.52 bits per heavy atom. The van der Waals surface area contributed by atoms with Gasteiger partial charge < -0.3 is 5.32 Å². The number of carbonyl (C=O) groups excluding carboxylic acids is 1. The highest BCUT2D eigenvalue weighted by atomic mass is 32.1. The molecule has 0 atom stereocenters. The van der Waals surface area contributed by atoms with Crippen LogP contribution in [0, 0.1) is 0 Å². The maximum Gasteiger partial charge on any atom is 0.269 e. The van der Waals surface area contributed by atoms with Crippen LogP contribution in [0.5, 0.6) is 0 Å². The number of hydrogen-bond acceptors (Lipinski definition) is 6. The van der Waals surface area contributed by atoms with E-state index in [4.69, 9.17) is 0 Å². The average molecular weight is 303 g/mol. The first kappa shape index (κ1) is 13.4. The predicted molar refractivity (Wildman–Crippen MR) is 77.6 cm³/mol. The van der Waals surface area contributed by atoms with Crippen LogP contribution in [0.25, 0.3) is 5.69 Å². The van der Waals surface area contributed by atoms with Gasteiger partial charge in [-0.05, 0) is 28.3 Å². The van der Waals surface area contributed by atoms with E-state index in [0.29, 0.717) is 16.4 Å². The van der Waals surface area contributed by atoms with E-state index >= 15 is 0 Å². The van der Waals surface area contributed by atoms with Crippen molar-refractivity contribution in [3.05, 3.63) is 34.4 Å². The summed E-state index contributed by atoms with van der Waals surface area (Å²) in [6.07, 6.45) is 3.37. The first-order chi connectivity index (χ1) is 10.3. The van der Waals surface area contributed by atoms with E-state index in [0.717, 1.165) is 18.5 Å². The lowest BCUT2D eigenvalue weighted by Crippen LogP contribution is -2.13. The molecule has 0 aliphatic heterocycles. The Kier molecular flexibility index (Phi) is 3.73. The highest BCUT2D eigenvalue weighted by Crippen LogP contribution is 2.21. The number of thiophene rings is 1. The third-order valence-corrected chi connectivity index (χ3v) is 3.74. The number of rotatable bonds is 5. The Morgan fingerprint density at radius 3 is 3.19 bits per heavy atom. The van der Waals surface area contributed by atoms with Crippen molar-refractivity contribution in [3.8, 4) is 5.69 Å². The minimum Gasteiger partial charge on any atom is -0.304 e. The van der Waals surface area contributed by atoms with Gasteiger partial charge in [-0.3, -0.25) is 9.89 Å². The van der Waals surface area contributed by atoms with Crippen LogP contribution in [0.1, 0.15) is 28.7 Å². The number of anilines is 1. The van der Waals surface area contributed by atoms with Crippen molar-refractivity contribution in [2.75, 3.05) is 5.32 Å². The first-order valence-corrected chi connectivity index (χ1v) is 7.32. The first-order valence-electron chi connectivity index (χ1n) is 6.44. The number of tetrazole rings is 1. The number of carbonyl (C=O) groups is 1. The highest BCUT2D eigenvalue weighted by molar-refractivity contribution is 7.12. The quantitative estimate of drug-likeness (QED) is 0.746. The average Bonchev–Trinajstić information content (AvgIpc) is 3.20. The van der Waals surface area contributed by atoms with Crippen molar-refractivity contribution in [1.82, 2.24) is 30.4 Å². The summed E-state index contributed by atoms with van der Waals surface area (Å²) < 4.78 is 1.46. The van der Waals surface area contributed by atoms with E-state index < -0.39 is 0 Å². The van der Waals surface area contributed by atoms with Gasteiger partial charge in [0.2, 0.25) is 0 Å². The summed E-state index contributed by atoms with van der Waals surface area (Å²) in [6.45, 7) is 2.09. The van der Waals surface area contributed by atoms with Crippen molar-refractivity contribution in [1.29, 1.82) is 0 Å². The maximum atomic E-state index is 12.3. The second kappa shape index (κ2) is 5.83. The van der Waals surface area contributed by atoms with Gasteiger partial charge in [-0.2, -0.15) is 9.78 Å². The van der Waals surface area contributed by atoms with Crippen molar-refractivity contribution < 1.29 is 4.79 Å². The molecule has 9 heteroatoms. The van der Waals surface area contributed by atoms with Crippen molar-refractivity contribution in [2.45, 2.75) is 19.8 Å². The fourth-order valence-corrected chi connectivity index (χ4v) is 2.69. The highest BCUT2D eigenvalue weighted by Gasteiger charge is 2.16. The van der Waals surface area contributed by atoms with E-state index in [1.807, 2.05) is 11.4 Å². The molecule has 8 nitrogen and oxygen atoms in total. The van der Waals surface area contributed by atoms with Crippen LogP contribution >= 0.6 is 11.3 Å². The van der Waals surface area contributed by atoms with E-state index in [1.165, 1.54) is 22.3 Å². The molecule has 0 aliphatic carbocycles. The molecule has 3 heterocycles. The molecule has 0 aliphatic rings. The molecule has 0 spiro atoms. The fraction of sp³-hybridized carbons (Fsp3) is 0.250. The van der Waals surface area contributed by atoms with Gasteiger partial charge >= 0.3 is 0 Å². The van der Waals surface area contributed by atoms with E-state index in [-0.39, 0.29) is 5.91 Å². The largest absolute Gasteiger partial charge is 0.304 e. The van der Waals surface area contributed by atoms with Crippen LogP contribution in [0.3, 0.4) is 0 Å². The topological polar surface area (TPSA) is 101 Å². The van der Waals surface area contributed by atoms with E-state index in [2.05, 4.69) is 38.0 Å². The number of hydrogen-bond donors (Lipinski definition) is 2. The Bertz CT molecular complexity index is 730. The molecule has 3 rings (SSSR count). The van der Waals surface area contributed by atoms with Gasteiger partial charge in [0.1, 0.15) is 11.2 Å². The van der Waals surface area contributed by atoms with Gasteiger partial charge in [-0.15, -0.1) is 16.4 Å². The monoisotopic (exact) mass is 303 g/mol. The van der Waals surface area contributed by atoms with Crippen LogP contribution in [-0.2, 0) is 6.42 Å². The third kappa shape index (κ3) is 2.82. The third-order valence-electron chi connectivity index (χ3n) is 2.84. The summed E-state index contributed by atoms with van der Waals surface area (Å²) in [5.74, 6) is 0.282. The molecular weight excluding hydrogens is 290 g/mol. The normalized spacial score (nSPS) is 10.7. The molecule has 108 valence electrons. The minimum atomic E-state index is -0.231. The molecular formula is C12H13N7OS. The van der Waals surface area contributed by atoms with Gasteiger partial charge in [0.15, 0.2) is 5.82 Å². The van der Waals surface area contributed by atoms with Gasteiger partial charge in [0, 0.05) is 11.8 Å². The molecule has 0 saturated heterocycles. The second-order valence-electron chi connectivity index (χ2n) is 4.37. The Balaban J connectivity index is 1.78. The molecule has 0 unspecified atom stereocenters. The van der Waals surface area contributed by atoms with Crippen LogP contribution in [0.15, 0.2) is 23.8 Å². The molecule has 0 aromatic carbocycles. The SMILES string of the molecule is CCCc1cc(NC(=O)c2sccc2-n2cnnn2)n[nH]1. The molecule has 1 amide bonds. The molecule has 0 bridgehead atoms. The molecule has 3 aromatic rings. The lowest BCUT2D eigenvalue weighted by Gasteiger charge is -2.02. The predicted octanol–water partition coefficient (Wildman–Crippen LogP) is 1.65. The molecule has 0 fully saturated rings. The smallest absolute Gasteiger partial charge is 0.269 e. The van der Waals surface area contributed by atoms with Crippen molar-refractivity contribution in [3.63, 3.8) is 0 Å².